The highest BCUT2D eigenvalue weighted by Gasteiger charge is 2.21. The molecule has 156 valence electrons. The molecular formula is C20H21Cl2N7O. The molecule has 0 radical (unpaired) electrons. The van der Waals surface area contributed by atoms with Crippen molar-refractivity contribution in [2.24, 2.45) is 7.05 Å². The van der Waals surface area contributed by atoms with Crippen molar-refractivity contribution < 1.29 is 4.74 Å². The molecular weight excluding hydrogens is 425 g/mol. The molecule has 1 saturated heterocycles. The third kappa shape index (κ3) is 3.45. The molecule has 0 bridgehead atoms. The highest BCUT2D eigenvalue weighted by Crippen LogP contribution is 2.39. The predicted molar refractivity (Wildman–Crippen MR) is 117 cm³/mol. The number of nitrogens with zero attached hydrogens (tertiary/aromatic N) is 5. The van der Waals surface area contributed by atoms with Gasteiger partial charge in [0.1, 0.15) is 12.6 Å². The van der Waals surface area contributed by atoms with E-state index in [9.17, 15) is 0 Å². The quantitative estimate of drug-likeness (QED) is 0.461. The Morgan fingerprint density at radius 2 is 2.20 bits per heavy atom. The van der Waals surface area contributed by atoms with Crippen LogP contribution in [0.1, 0.15) is 31.2 Å². The minimum atomic E-state index is -0.0176. The van der Waals surface area contributed by atoms with Crippen molar-refractivity contribution >= 4 is 40.1 Å². The van der Waals surface area contributed by atoms with Gasteiger partial charge >= 0.3 is 0 Å². The van der Waals surface area contributed by atoms with Gasteiger partial charge in [0.15, 0.2) is 0 Å². The van der Waals surface area contributed by atoms with Gasteiger partial charge in [-0.25, -0.2) is 4.68 Å². The summed E-state index contributed by atoms with van der Waals surface area (Å²) in [4.78, 5) is 3.44. The molecule has 4 aromatic rings. The Bertz CT molecular complexity index is 1190. The van der Waals surface area contributed by atoms with Crippen LogP contribution in [0.25, 0.3) is 22.0 Å². The van der Waals surface area contributed by atoms with E-state index in [-0.39, 0.29) is 6.23 Å². The summed E-state index contributed by atoms with van der Waals surface area (Å²) in [6.45, 7) is 1.28. The van der Waals surface area contributed by atoms with Crippen LogP contribution in [0, 0.1) is 0 Å². The van der Waals surface area contributed by atoms with Gasteiger partial charge in [-0.15, -0.1) is 10.2 Å². The van der Waals surface area contributed by atoms with Crippen molar-refractivity contribution in [1.29, 1.82) is 0 Å². The number of ether oxygens (including phenoxy) is 1. The zero-order valence-corrected chi connectivity index (χ0v) is 17.9. The molecule has 2 N–H and O–H groups in total. The van der Waals surface area contributed by atoms with E-state index in [4.69, 9.17) is 27.9 Å². The van der Waals surface area contributed by atoms with E-state index in [2.05, 4.69) is 25.6 Å². The summed E-state index contributed by atoms with van der Waals surface area (Å²) in [7, 11) is 1.89. The van der Waals surface area contributed by atoms with Gasteiger partial charge < -0.3 is 19.6 Å². The number of fused-ring (bicyclic) bond motifs is 1. The fraction of sp³-hybridized carbons (Fsp3) is 0.350. The lowest BCUT2D eigenvalue weighted by Crippen LogP contribution is -2.18. The maximum Gasteiger partial charge on any atom is 0.224 e. The summed E-state index contributed by atoms with van der Waals surface area (Å²) >= 11 is 12.8. The molecule has 0 amide bonds. The van der Waals surface area contributed by atoms with Crippen LogP contribution >= 0.6 is 23.2 Å². The Labute approximate surface area is 183 Å². The molecule has 1 unspecified atom stereocenters. The molecule has 4 heterocycles. The van der Waals surface area contributed by atoms with Crippen molar-refractivity contribution in [2.75, 3.05) is 11.9 Å². The van der Waals surface area contributed by atoms with Crippen molar-refractivity contribution in [3.05, 3.63) is 46.6 Å². The second-order valence-corrected chi connectivity index (χ2v) is 8.20. The summed E-state index contributed by atoms with van der Waals surface area (Å²) in [5.74, 6) is 0.676. The highest BCUT2D eigenvalue weighted by molar-refractivity contribution is 6.45. The molecule has 1 aliphatic rings. The van der Waals surface area contributed by atoms with Crippen molar-refractivity contribution in [1.82, 2.24) is 29.5 Å². The van der Waals surface area contributed by atoms with Crippen LogP contribution in [0.4, 0.5) is 5.95 Å². The molecule has 5 rings (SSSR count). The Morgan fingerprint density at radius 1 is 1.30 bits per heavy atom. The lowest BCUT2D eigenvalue weighted by Gasteiger charge is -2.22. The van der Waals surface area contributed by atoms with E-state index in [1.807, 2.05) is 40.8 Å². The molecule has 1 aromatic carbocycles. The molecule has 8 nitrogen and oxygen atoms in total. The number of benzene rings is 1. The number of aromatic nitrogens is 6. The maximum atomic E-state index is 6.50. The first-order chi connectivity index (χ1) is 14.6. The fourth-order valence-corrected chi connectivity index (χ4v) is 4.26. The highest BCUT2D eigenvalue weighted by atomic mass is 35.5. The summed E-state index contributed by atoms with van der Waals surface area (Å²) < 4.78 is 9.61. The Balaban J connectivity index is 1.56. The largest absolute Gasteiger partial charge is 0.357 e. The van der Waals surface area contributed by atoms with Gasteiger partial charge in [0.05, 0.1) is 28.3 Å². The van der Waals surface area contributed by atoms with Gasteiger partial charge in [-0.05, 0) is 25.3 Å². The molecule has 30 heavy (non-hydrogen) atoms. The van der Waals surface area contributed by atoms with Crippen LogP contribution in [-0.2, 0) is 18.3 Å². The predicted octanol–water partition coefficient (Wildman–Crippen LogP) is 4.78. The minimum absolute atomic E-state index is 0.0176. The molecule has 1 aliphatic heterocycles. The summed E-state index contributed by atoms with van der Waals surface area (Å²) in [5, 5.41) is 17.9. The molecule has 1 atom stereocenters. The third-order valence-electron chi connectivity index (χ3n) is 5.42. The molecule has 10 heteroatoms. The van der Waals surface area contributed by atoms with Gasteiger partial charge in [0.2, 0.25) is 5.95 Å². The van der Waals surface area contributed by atoms with E-state index in [1.165, 1.54) is 0 Å². The first-order valence-corrected chi connectivity index (χ1v) is 10.6. The van der Waals surface area contributed by atoms with E-state index < -0.39 is 0 Å². The summed E-state index contributed by atoms with van der Waals surface area (Å²) in [6.07, 6.45) is 8.76. The first-order valence-electron chi connectivity index (χ1n) is 9.84. The van der Waals surface area contributed by atoms with Crippen molar-refractivity contribution in [2.45, 2.75) is 32.0 Å². The zero-order valence-electron chi connectivity index (χ0n) is 16.4. The Kier molecular flexibility index (Phi) is 5.14. The monoisotopic (exact) mass is 445 g/mol. The number of aromatic amines is 1. The second-order valence-electron chi connectivity index (χ2n) is 7.41. The van der Waals surface area contributed by atoms with Gasteiger partial charge in [-0.2, -0.15) is 5.10 Å². The smallest absolute Gasteiger partial charge is 0.224 e. The van der Waals surface area contributed by atoms with Gasteiger partial charge in [0.25, 0.3) is 0 Å². The molecule has 0 aliphatic carbocycles. The first kappa shape index (κ1) is 19.4. The normalized spacial score (nSPS) is 17.0. The fourth-order valence-electron chi connectivity index (χ4n) is 3.89. The van der Waals surface area contributed by atoms with Crippen LogP contribution in [0.2, 0.25) is 10.0 Å². The standard InChI is InChI=1S/C20H21Cl2N7O/c1-28-11-24-27-20(28)23-9-15-17(13-5-6-14(21)18(22)19(13)26-15)12-8-25-29(10-12)16-4-2-3-7-30-16/h5-6,8,10-11,16,26H,2-4,7,9H2,1H3,(H,23,27). The van der Waals surface area contributed by atoms with Crippen molar-refractivity contribution in [3.8, 4) is 11.1 Å². The lowest BCUT2D eigenvalue weighted by molar-refractivity contribution is -0.0394. The SMILES string of the molecule is Cn1cnnc1NCc1[nH]c2c(Cl)c(Cl)ccc2c1-c1cnn(C2CCCCO2)c1. The average Bonchev–Trinajstić information content (AvgIpc) is 3.48. The lowest BCUT2D eigenvalue weighted by atomic mass is 10.0. The van der Waals surface area contributed by atoms with Crippen LogP contribution in [0.15, 0.2) is 30.9 Å². The molecule has 1 fully saturated rings. The van der Waals surface area contributed by atoms with Crippen LogP contribution in [0.3, 0.4) is 0 Å². The number of nitrogens with one attached hydrogen (secondary N) is 2. The van der Waals surface area contributed by atoms with E-state index >= 15 is 0 Å². The van der Waals surface area contributed by atoms with Crippen molar-refractivity contribution in [3.63, 3.8) is 0 Å². The number of aryl methyl sites for hydroxylation is 1. The molecule has 0 saturated carbocycles. The minimum Gasteiger partial charge on any atom is -0.357 e. The van der Waals surface area contributed by atoms with Gasteiger partial charge in [-0.3, -0.25) is 0 Å². The van der Waals surface area contributed by atoms with Gasteiger partial charge in [-0.1, -0.05) is 29.3 Å². The molecule has 3 aromatic heterocycles. The van der Waals surface area contributed by atoms with E-state index in [1.54, 1.807) is 6.33 Å². The number of H-pyrrole nitrogens is 1. The zero-order chi connectivity index (χ0) is 20.7. The van der Waals surface area contributed by atoms with Crippen LogP contribution in [-0.4, -0.2) is 36.1 Å². The van der Waals surface area contributed by atoms with Crippen LogP contribution < -0.4 is 5.32 Å². The maximum absolute atomic E-state index is 6.50. The van der Waals surface area contributed by atoms with E-state index in [0.717, 1.165) is 53.6 Å². The summed E-state index contributed by atoms with van der Waals surface area (Å²) in [5.41, 5.74) is 3.78. The number of rotatable bonds is 5. The summed E-state index contributed by atoms with van der Waals surface area (Å²) in [6, 6.07) is 3.80. The third-order valence-corrected chi connectivity index (χ3v) is 6.22. The number of halogens is 2. The number of hydrogen-bond acceptors (Lipinski definition) is 5. The number of hydrogen-bond donors (Lipinski definition) is 2. The average molecular weight is 446 g/mol. The number of anilines is 1. The van der Waals surface area contributed by atoms with Gasteiger partial charge in [0, 0.05) is 42.1 Å². The van der Waals surface area contributed by atoms with E-state index in [0.29, 0.717) is 22.5 Å². The Morgan fingerprint density at radius 3 is 2.97 bits per heavy atom. The second kappa shape index (κ2) is 7.94. The van der Waals surface area contributed by atoms with Crippen LogP contribution in [0.5, 0.6) is 0 Å². The molecule has 0 spiro atoms. The topological polar surface area (TPSA) is 85.6 Å². The Hall–Kier alpha value is -2.55.